The molecule has 1 aliphatic heterocycles. The number of sulfonamides is 1. The number of hydrogen-bond acceptors (Lipinski definition) is 4. The number of nitrogens with one attached hydrogen (secondary N) is 2. The van der Waals surface area contributed by atoms with Crippen molar-refractivity contribution in [3.63, 3.8) is 0 Å². The molecular formula is C14H24N4O2S. The zero-order valence-corrected chi connectivity index (χ0v) is 13.8. The quantitative estimate of drug-likeness (QED) is 0.617. The molecule has 1 aromatic rings. The molecule has 0 aliphatic carbocycles. The molecule has 0 radical (unpaired) electrons. The second kappa shape index (κ2) is 6.72. The standard InChI is InChI=1S/C14H24N4O2S/c1-4-7-15-10-13-14(12(3)16-17-13)21(19,20)18-8-5-11(2)6-9-18/h5,15H,4,6-10H2,1-3H3,(H,16,17). The van der Waals surface area contributed by atoms with E-state index in [1.54, 1.807) is 6.92 Å². The van der Waals surface area contributed by atoms with Gasteiger partial charge in [-0.15, -0.1) is 0 Å². The summed E-state index contributed by atoms with van der Waals surface area (Å²) in [6, 6.07) is 0. The fourth-order valence-electron chi connectivity index (χ4n) is 2.41. The van der Waals surface area contributed by atoms with Crippen LogP contribution >= 0.6 is 0 Å². The van der Waals surface area contributed by atoms with Gasteiger partial charge in [0.2, 0.25) is 10.0 Å². The number of rotatable bonds is 6. The van der Waals surface area contributed by atoms with Crippen LogP contribution in [0.5, 0.6) is 0 Å². The van der Waals surface area contributed by atoms with Crippen molar-refractivity contribution in [1.82, 2.24) is 19.8 Å². The van der Waals surface area contributed by atoms with E-state index in [4.69, 9.17) is 0 Å². The molecule has 21 heavy (non-hydrogen) atoms. The van der Waals surface area contributed by atoms with Crippen molar-refractivity contribution >= 4 is 10.0 Å². The van der Waals surface area contributed by atoms with Crippen molar-refractivity contribution < 1.29 is 8.42 Å². The molecule has 1 aromatic heterocycles. The summed E-state index contributed by atoms with van der Waals surface area (Å²) in [7, 11) is -3.49. The topological polar surface area (TPSA) is 78.1 Å². The van der Waals surface area contributed by atoms with Gasteiger partial charge in [0.15, 0.2) is 0 Å². The lowest BCUT2D eigenvalue weighted by Crippen LogP contribution is -2.35. The van der Waals surface area contributed by atoms with E-state index < -0.39 is 10.0 Å². The summed E-state index contributed by atoms with van der Waals surface area (Å²) in [6.07, 6.45) is 3.77. The highest BCUT2D eigenvalue weighted by atomic mass is 32.2. The van der Waals surface area contributed by atoms with Crippen molar-refractivity contribution in [3.8, 4) is 0 Å². The normalized spacial score (nSPS) is 17.0. The van der Waals surface area contributed by atoms with E-state index in [0.717, 1.165) is 19.4 Å². The van der Waals surface area contributed by atoms with Crippen LogP contribution in [0.2, 0.25) is 0 Å². The van der Waals surface area contributed by atoms with Crippen LogP contribution in [0.1, 0.15) is 38.1 Å². The maximum Gasteiger partial charge on any atom is 0.247 e. The van der Waals surface area contributed by atoms with E-state index in [1.807, 2.05) is 13.0 Å². The lowest BCUT2D eigenvalue weighted by molar-refractivity contribution is 0.430. The van der Waals surface area contributed by atoms with E-state index in [9.17, 15) is 8.42 Å². The number of aryl methyl sites for hydroxylation is 1. The Kier molecular flexibility index (Phi) is 5.18. The second-order valence-corrected chi connectivity index (χ2v) is 7.34. The largest absolute Gasteiger partial charge is 0.311 e. The first-order valence-corrected chi connectivity index (χ1v) is 8.81. The first kappa shape index (κ1) is 16.2. The van der Waals surface area contributed by atoms with Crippen LogP contribution in [0.4, 0.5) is 0 Å². The van der Waals surface area contributed by atoms with Gasteiger partial charge in [-0.1, -0.05) is 18.6 Å². The summed E-state index contributed by atoms with van der Waals surface area (Å²) in [5.74, 6) is 0. The van der Waals surface area contributed by atoms with Crippen LogP contribution in [0.15, 0.2) is 16.5 Å². The Balaban J connectivity index is 2.25. The average Bonchev–Trinajstić information content (AvgIpc) is 2.81. The third-order valence-electron chi connectivity index (χ3n) is 3.68. The van der Waals surface area contributed by atoms with Crippen molar-refractivity contribution in [2.45, 2.75) is 45.1 Å². The molecule has 0 atom stereocenters. The molecule has 0 spiro atoms. The lowest BCUT2D eigenvalue weighted by Gasteiger charge is -2.25. The van der Waals surface area contributed by atoms with E-state index in [0.29, 0.717) is 35.9 Å². The monoisotopic (exact) mass is 312 g/mol. The predicted molar refractivity (Wildman–Crippen MR) is 82.5 cm³/mol. The molecule has 0 bridgehead atoms. The minimum Gasteiger partial charge on any atom is -0.311 e. The number of aromatic nitrogens is 2. The molecule has 2 rings (SSSR count). The number of nitrogens with zero attached hydrogens (tertiary/aromatic N) is 2. The van der Waals surface area contributed by atoms with Crippen LogP contribution in [0, 0.1) is 6.92 Å². The summed E-state index contributed by atoms with van der Waals surface area (Å²) < 4.78 is 27.2. The third kappa shape index (κ3) is 3.53. The molecule has 1 aliphatic rings. The van der Waals surface area contributed by atoms with Gasteiger partial charge in [-0.2, -0.15) is 9.40 Å². The molecular weight excluding hydrogens is 288 g/mol. The fourth-order valence-corrected chi connectivity index (χ4v) is 4.12. The minimum atomic E-state index is -3.49. The highest BCUT2D eigenvalue weighted by Gasteiger charge is 2.31. The van der Waals surface area contributed by atoms with Gasteiger partial charge < -0.3 is 5.32 Å². The van der Waals surface area contributed by atoms with Crippen molar-refractivity contribution in [2.75, 3.05) is 19.6 Å². The Labute approximate surface area is 126 Å². The zero-order valence-electron chi connectivity index (χ0n) is 12.9. The first-order chi connectivity index (χ1) is 9.96. The van der Waals surface area contributed by atoms with Gasteiger partial charge in [0.05, 0.1) is 11.4 Å². The van der Waals surface area contributed by atoms with Crippen molar-refractivity contribution in [3.05, 3.63) is 23.0 Å². The van der Waals surface area contributed by atoms with Crippen LogP contribution in [-0.2, 0) is 16.6 Å². The Morgan fingerprint density at radius 2 is 2.19 bits per heavy atom. The molecule has 6 nitrogen and oxygen atoms in total. The van der Waals surface area contributed by atoms with Gasteiger partial charge >= 0.3 is 0 Å². The first-order valence-electron chi connectivity index (χ1n) is 7.37. The third-order valence-corrected chi connectivity index (χ3v) is 5.75. The molecule has 0 aromatic carbocycles. The Morgan fingerprint density at radius 3 is 2.81 bits per heavy atom. The smallest absolute Gasteiger partial charge is 0.247 e. The second-order valence-electron chi connectivity index (χ2n) is 5.46. The molecule has 2 heterocycles. The summed E-state index contributed by atoms with van der Waals surface area (Å²) in [6.45, 7) is 8.16. The molecule has 0 unspecified atom stereocenters. The van der Waals surface area contributed by atoms with Gasteiger partial charge in [-0.3, -0.25) is 5.10 Å². The Bertz CT molecular complexity index is 619. The number of aromatic amines is 1. The van der Waals surface area contributed by atoms with Crippen molar-refractivity contribution in [1.29, 1.82) is 0 Å². The van der Waals surface area contributed by atoms with Gasteiger partial charge in [-0.25, -0.2) is 8.42 Å². The lowest BCUT2D eigenvalue weighted by atomic mass is 10.1. The van der Waals surface area contributed by atoms with Crippen LogP contribution in [0.25, 0.3) is 0 Å². The van der Waals surface area contributed by atoms with E-state index in [2.05, 4.69) is 22.4 Å². The average molecular weight is 312 g/mol. The van der Waals surface area contributed by atoms with Crippen LogP contribution in [0.3, 0.4) is 0 Å². The van der Waals surface area contributed by atoms with Gasteiger partial charge in [-0.05, 0) is 33.2 Å². The molecule has 0 saturated heterocycles. The van der Waals surface area contributed by atoms with Crippen LogP contribution < -0.4 is 5.32 Å². The summed E-state index contributed by atoms with van der Waals surface area (Å²) >= 11 is 0. The maximum atomic E-state index is 12.8. The molecule has 2 N–H and O–H groups in total. The zero-order chi connectivity index (χ0) is 15.5. The highest BCUT2D eigenvalue weighted by molar-refractivity contribution is 7.89. The summed E-state index contributed by atoms with van der Waals surface area (Å²) in [4.78, 5) is 0.332. The number of hydrogen-bond donors (Lipinski definition) is 2. The fraction of sp³-hybridized carbons (Fsp3) is 0.643. The van der Waals surface area contributed by atoms with Gasteiger partial charge in [0, 0.05) is 19.6 Å². The molecule has 0 saturated carbocycles. The van der Waals surface area contributed by atoms with Gasteiger partial charge in [0.25, 0.3) is 0 Å². The van der Waals surface area contributed by atoms with E-state index in [-0.39, 0.29) is 0 Å². The molecule has 0 fully saturated rings. The molecule has 118 valence electrons. The van der Waals surface area contributed by atoms with E-state index in [1.165, 1.54) is 9.88 Å². The summed E-state index contributed by atoms with van der Waals surface area (Å²) in [5.41, 5.74) is 2.43. The Morgan fingerprint density at radius 1 is 1.43 bits per heavy atom. The van der Waals surface area contributed by atoms with Crippen molar-refractivity contribution in [2.24, 2.45) is 0 Å². The molecule has 7 heteroatoms. The maximum absolute atomic E-state index is 12.8. The SMILES string of the molecule is CCCNCc1n[nH]c(C)c1S(=O)(=O)N1CC=C(C)CC1. The summed E-state index contributed by atoms with van der Waals surface area (Å²) in [5, 5.41) is 10.2. The highest BCUT2D eigenvalue weighted by Crippen LogP contribution is 2.24. The van der Waals surface area contributed by atoms with Crippen LogP contribution in [-0.4, -0.2) is 42.6 Å². The number of H-pyrrole nitrogens is 1. The predicted octanol–water partition coefficient (Wildman–Crippen LogP) is 1.56. The van der Waals surface area contributed by atoms with E-state index >= 15 is 0 Å². The Hall–Kier alpha value is -1.18. The molecule has 0 amide bonds. The van der Waals surface area contributed by atoms with Gasteiger partial charge in [0.1, 0.15) is 4.90 Å². The minimum absolute atomic E-state index is 0.332.